The lowest BCUT2D eigenvalue weighted by Gasteiger charge is -2.33. The number of amides is 5. The molecule has 1 fully saturated rings. The summed E-state index contributed by atoms with van der Waals surface area (Å²) in [7, 11) is 0. The van der Waals surface area contributed by atoms with Crippen molar-refractivity contribution < 1.29 is 63.6 Å². The summed E-state index contributed by atoms with van der Waals surface area (Å²) in [6.07, 6.45) is 2.99. The standard InChI is InChI=1S/C43H56N8O13/c52-35(45-33(43(63)64)8-4-5-15-51-36(53)13-14-37(51)54)25-44-42(62)34(24-30-6-2-1-3-7-30)46-41(61)32-11-9-31(10-12-32)26-47-16-18-48(27-38(55)56)20-22-50(29-40(59)60)23-21-49(19-17-47)28-39(57)58/h1-3,6-7,9-14,33-34H,4-5,8,15-29H2,(H,44,62)(H,45,52)(H,46,61)(H,55,56)(H,57,58)(H,59,60)(H,63,64). The molecular weight excluding hydrogens is 837 g/mol. The fourth-order valence-electron chi connectivity index (χ4n) is 7.17. The Morgan fingerprint density at radius 1 is 0.578 bits per heavy atom. The van der Waals surface area contributed by atoms with E-state index in [9.17, 15) is 63.6 Å². The molecule has 2 aliphatic rings. The number of carbonyl (C=O) groups excluding carboxylic acids is 5. The van der Waals surface area contributed by atoms with Crippen molar-refractivity contribution in [2.24, 2.45) is 0 Å². The minimum atomic E-state index is -1.30. The van der Waals surface area contributed by atoms with E-state index in [2.05, 4.69) is 16.0 Å². The molecule has 5 amide bonds. The number of carbonyl (C=O) groups is 9. The number of aliphatic carboxylic acids is 4. The molecule has 7 N–H and O–H groups in total. The van der Waals surface area contributed by atoms with E-state index in [1.807, 2.05) is 4.90 Å². The van der Waals surface area contributed by atoms with Crippen LogP contribution < -0.4 is 16.0 Å². The molecular formula is C43H56N8O13. The summed E-state index contributed by atoms with van der Waals surface area (Å²) < 4.78 is 0. The van der Waals surface area contributed by atoms with Crippen molar-refractivity contribution in [1.29, 1.82) is 0 Å². The van der Waals surface area contributed by atoms with Gasteiger partial charge < -0.3 is 36.4 Å². The first-order chi connectivity index (χ1) is 30.6. The zero-order valence-electron chi connectivity index (χ0n) is 35.4. The molecule has 0 radical (unpaired) electrons. The third kappa shape index (κ3) is 17.7. The van der Waals surface area contributed by atoms with Crippen LogP contribution in [0.15, 0.2) is 66.7 Å². The summed E-state index contributed by atoms with van der Waals surface area (Å²) in [5.41, 5.74) is 1.74. The van der Waals surface area contributed by atoms with Gasteiger partial charge in [-0.05, 0) is 42.5 Å². The van der Waals surface area contributed by atoms with Crippen molar-refractivity contribution in [1.82, 2.24) is 40.4 Å². The summed E-state index contributed by atoms with van der Waals surface area (Å²) in [6, 6.07) is 13.1. The SMILES string of the molecule is O=C(O)CN1CCN(CC(=O)O)CCN(Cc2ccc(C(=O)NC(Cc3ccccc3)C(=O)NCC(=O)NC(CCCCN3C(=O)C=CC3=O)C(=O)O)cc2)CCN(CC(=O)O)CC1. The minimum absolute atomic E-state index is 0.00944. The highest BCUT2D eigenvalue weighted by molar-refractivity contribution is 6.12. The summed E-state index contributed by atoms with van der Waals surface area (Å²) in [4.78, 5) is 118. The van der Waals surface area contributed by atoms with Crippen LogP contribution in [0.5, 0.6) is 0 Å². The molecule has 21 nitrogen and oxygen atoms in total. The van der Waals surface area contributed by atoms with Crippen LogP contribution in [-0.2, 0) is 51.3 Å². The monoisotopic (exact) mass is 892 g/mol. The largest absolute Gasteiger partial charge is 0.480 e. The minimum Gasteiger partial charge on any atom is -0.480 e. The molecule has 4 rings (SSSR count). The fraction of sp³-hybridized carbons (Fsp3) is 0.465. The average Bonchev–Trinajstić information content (AvgIpc) is 3.56. The van der Waals surface area contributed by atoms with Crippen LogP contribution in [0.4, 0.5) is 0 Å². The second-order valence-corrected chi connectivity index (χ2v) is 15.5. The van der Waals surface area contributed by atoms with Gasteiger partial charge in [-0.3, -0.25) is 62.9 Å². The topological polar surface area (TPSA) is 287 Å². The third-order valence-corrected chi connectivity index (χ3v) is 10.6. The van der Waals surface area contributed by atoms with Gasteiger partial charge in [0, 0.05) is 89.6 Å². The van der Waals surface area contributed by atoms with Crippen LogP contribution in [0.2, 0.25) is 0 Å². The zero-order chi connectivity index (χ0) is 46.6. The van der Waals surface area contributed by atoms with Gasteiger partial charge in [-0.2, -0.15) is 0 Å². The van der Waals surface area contributed by atoms with Crippen LogP contribution in [0.25, 0.3) is 0 Å². The predicted octanol–water partition coefficient (Wildman–Crippen LogP) is -1.22. The van der Waals surface area contributed by atoms with E-state index in [0.717, 1.165) is 22.6 Å². The van der Waals surface area contributed by atoms with Gasteiger partial charge in [0.05, 0.1) is 26.2 Å². The highest BCUT2D eigenvalue weighted by atomic mass is 16.4. The molecule has 0 spiro atoms. The number of carboxylic acids is 4. The van der Waals surface area contributed by atoms with Crippen molar-refractivity contribution in [3.63, 3.8) is 0 Å². The first-order valence-corrected chi connectivity index (χ1v) is 20.9. The Hall–Kier alpha value is -6.55. The molecule has 1 saturated heterocycles. The second kappa shape index (κ2) is 25.5. The van der Waals surface area contributed by atoms with Gasteiger partial charge in [0.2, 0.25) is 11.8 Å². The van der Waals surface area contributed by atoms with E-state index in [-0.39, 0.29) is 77.2 Å². The number of hydrogen-bond acceptors (Lipinski definition) is 13. The highest BCUT2D eigenvalue weighted by Crippen LogP contribution is 2.12. The van der Waals surface area contributed by atoms with E-state index >= 15 is 0 Å². The van der Waals surface area contributed by atoms with E-state index < -0.39 is 72.0 Å². The molecule has 2 aliphatic heterocycles. The lowest BCUT2D eigenvalue weighted by Crippen LogP contribution is -2.51. The van der Waals surface area contributed by atoms with Gasteiger partial charge in [-0.1, -0.05) is 42.5 Å². The lowest BCUT2D eigenvalue weighted by molar-refractivity contribution is -0.142. The number of rotatable bonds is 22. The van der Waals surface area contributed by atoms with Gasteiger partial charge in [-0.15, -0.1) is 0 Å². The average molecular weight is 893 g/mol. The van der Waals surface area contributed by atoms with Crippen molar-refractivity contribution in [2.45, 2.75) is 44.3 Å². The molecule has 2 aromatic carbocycles. The number of nitrogens with zero attached hydrogens (tertiary/aromatic N) is 5. The van der Waals surface area contributed by atoms with Crippen molar-refractivity contribution in [3.05, 3.63) is 83.4 Å². The van der Waals surface area contributed by atoms with Crippen LogP contribution in [0.1, 0.15) is 40.7 Å². The van der Waals surface area contributed by atoms with Crippen molar-refractivity contribution in [2.75, 3.05) is 85.1 Å². The molecule has 0 saturated carbocycles. The highest BCUT2D eigenvalue weighted by Gasteiger charge is 2.27. The van der Waals surface area contributed by atoms with E-state index in [1.54, 1.807) is 69.3 Å². The van der Waals surface area contributed by atoms with Crippen molar-refractivity contribution in [3.8, 4) is 0 Å². The molecule has 346 valence electrons. The Kier molecular flexibility index (Phi) is 20.0. The smallest absolute Gasteiger partial charge is 0.326 e. The Morgan fingerprint density at radius 3 is 1.56 bits per heavy atom. The number of benzene rings is 2. The van der Waals surface area contributed by atoms with E-state index in [1.165, 1.54) is 0 Å². The molecule has 2 heterocycles. The second-order valence-electron chi connectivity index (χ2n) is 15.5. The number of nitrogens with one attached hydrogen (secondary N) is 3. The summed E-state index contributed by atoms with van der Waals surface area (Å²) in [5, 5.41) is 45.8. The molecule has 21 heteroatoms. The van der Waals surface area contributed by atoms with Gasteiger partial charge in [0.25, 0.3) is 17.7 Å². The van der Waals surface area contributed by atoms with E-state index in [4.69, 9.17) is 0 Å². The maximum Gasteiger partial charge on any atom is 0.326 e. The normalized spacial score (nSPS) is 16.8. The molecule has 0 aliphatic carbocycles. The Morgan fingerprint density at radius 2 is 1.08 bits per heavy atom. The molecule has 0 bridgehead atoms. The fourth-order valence-corrected chi connectivity index (χ4v) is 7.17. The predicted molar refractivity (Wildman–Crippen MR) is 228 cm³/mol. The Bertz CT molecular complexity index is 1950. The quantitative estimate of drug-likeness (QED) is 0.0539. The molecule has 2 atom stereocenters. The van der Waals surface area contributed by atoms with Crippen LogP contribution in [0, 0.1) is 0 Å². The summed E-state index contributed by atoms with van der Waals surface area (Å²) in [6.45, 7) is 1.73. The Labute approximate surface area is 369 Å². The molecule has 2 unspecified atom stereocenters. The van der Waals surface area contributed by atoms with Crippen molar-refractivity contribution >= 4 is 53.4 Å². The lowest BCUT2D eigenvalue weighted by atomic mass is 10.0. The van der Waals surface area contributed by atoms with E-state index in [0.29, 0.717) is 44.7 Å². The first kappa shape index (κ1) is 50.1. The molecule has 0 aromatic heterocycles. The van der Waals surface area contributed by atoms with Crippen LogP contribution in [-0.4, -0.2) is 196 Å². The molecule has 2 aromatic rings. The first-order valence-electron chi connectivity index (χ1n) is 20.9. The number of hydrogen-bond donors (Lipinski definition) is 7. The summed E-state index contributed by atoms with van der Waals surface area (Å²) >= 11 is 0. The van der Waals surface area contributed by atoms with Gasteiger partial charge in [0.1, 0.15) is 12.1 Å². The number of carboxylic acid groups (broad SMARTS) is 4. The van der Waals surface area contributed by atoms with Gasteiger partial charge in [-0.25, -0.2) is 4.79 Å². The molecule has 64 heavy (non-hydrogen) atoms. The van der Waals surface area contributed by atoms with Gasteiger partial charge in [0.15, 0.2) is 0 Å². The summed E-state index contributed by atoms with van der Waals surface area (Å²) in [5.74, 6) is -7.35. The maximum atomic E-state index is 13.6. The van der Waals surface area contributed by atoms with Crippen LogP contribution >= 0.6 is 0 Å². The van der Waals surface area contributed by atoms with Crippen LogP contribution in [0.3, 0.4) is 0 Å². The maximum absolute atomic E-state index is 13.6. The van der Waals surface area contributed by atoms with Gasteiger partial charge >= 0.3 is 23.9 Å². The Balaban J connectivity index is 1.37. The number of unbranched alkanes of at least 4 members (excludes halogenated alkanes) is 1. The third-order valence-electron chi connectivity index (χ3n) is 10.6. The zero-order valence-corrected chi connectivity index (χ0v) is 35.4. The number of imide groups is 1.